The van der Waals surface area contributed by atoms with Gasteiger partial charge in [0.15, 0.2) is 0 Å². The first-order valence-corrected chi connectivity index (χ1v) is 5.60. The average molecular weight is 281 g/mol. The average Bonchev–Trinajstić information content (AvgIpc) is 2.24. The third-order valence-electron chi connectivity index (χ3n) is 2.11. The van der Waals surface area contributed by atoms with Crippen LogP contribution in [0.5, 0.6) is 0 Å². The maximum Gasteiger partial charge on any atom is 0.242 e. The van der Waals surface area contributed by atoms with Crippen molar-refractivity contribution in [2.45, 2.75) is 19.4 Å². The Morgan fingerprint density at radius 1 is 1.69 bits per heavy atom. The van der Waals surface area contributed by atoms with Crippen molar-refractivity contribution in [1.82, 2.24) is 0 Å². The normalized spacial score (nSPS) is 11.6. The molecular formula is C12H13BrN2O. The van der Waals surface area contributed by atoms with Crippen LogP contribution in [0.2, 0.25) is 0 Å². The van der Waals surface area contributed by atoms with Crippen LogP contribution in [0.4, 0.5) is 5.69 Å². The molecule has 0 aliphatic carbocycles. The van der Waals surface area contributed by atoms with E-state index in [1.54, 1.807) is 0 Å². The molecule has 1 unspecified atom stereocenters. The molecular weight excluding hydrogens is 268 g/mol. The molecule has 0 heterocycles. The fourth-order valence-electron chi connectivity index (χ4n) is 1.13. The van der Waals surface area contributed by atoms with Gasteiger partial charge in [0.1, 0.15) is 0 Å². The van der Waals surface area contributed by atoms with Crippen molar-refractivity contribution in [2.24, 2.45) is 5.73 Å². The number of anilines is 1. The highest BCUT2D eigenvalue weighted by molar-refractivity contribution is 9.10. The predicted molar refractivity (Wildman–Crippen MR) is 68.9 cm³/mol. The minimum Gasteiger partial charge on any atom is -0.325 e. The Kier molecular flexibility index (Phi) is 4.53. The maximum atomic E-state index is 11.6. The largest absolute Gasteiger partial charge is 0.325 e. The molecule has 84 valence electrons. The Morgan fingerprint density at radius 3 is 2.94 bits per heavy atom. The van der Waals surface area contributed by atoms with Crippen LogP contribution in [-0.4, -0.2) is 11.9 Å². The van der Waals surface area contributed by atoms with Gasteiger partial charge in [0, 0.05) is 16.6 Å². The van der Waals surface area contributed by atoms with E-state index in [4.69, 9.17) is 12.2 Å². The van der Waals surface area contributed by atoms with E-state index < -0.39 is 6.04 Å². The molecule has 4 heteroatoms. The number of benzene rings is 1. The Balaban J connectivity index is 2.70. The number of terminal acetylenes is 1. The Labute approximate surface area is 104 Å². The molecule has 0 bridgehead atoms. The highest BCUT2D eigenvalue weighted by atomic mass is 79.9. The summed E-state index contributed by atoms with van der Waals surface area (Å²) in [5, 5.41) is 2.71. The molecule has 3 nitrogen and oxygen atoms in total. The van der Waals surface area contributed by atoms with Crippen molar-refractivity contribution in [3.63, 3.8) is 0 Å². The van der Waals surface area contributed by atoms with Crippen LogP contribution >= 0.6 is 15.9 Å². The van der Waals surface area contributed by atoms with Crippen molar-refractivity contribution in [3.8, 4) is 12.3 Å². The first kappa shape index (κ1) is 12.8. The van der Waals surface area contributed by atoms with E-state index in [1.807, 2.05) is 25.1 Å². The van der Waals surface area contributed by atoms with Crippen LogP contribution < -0.4 is 11.1 Å². The van der Waals surface area contributed by atoms with E-state index >= 15 is 0 Å². The molecule has 0 aliphatic heterocycles. The predicted octanol–water partition coefficient (Wildman–Crippen LogP) is 2.05. The lowest BCUT2D eigenvalue weighted by Gasteiger charge is -2.10. The third kappa shape index (κ3) is 3.37. The molecule has 3 N–H and O–H groups in total. The summed E-state index contributed by atoms with van der Waals surface area (Å²) in [4.78, 5) is 11.6. The Hall–Kier alpha value is -1.31. The fraction of sp³-hybridized carbons (Fsp3) is 0.250. The lowest BCUT2D eigenvalue weighted by atomic mass is 10.2. The molecule has 1 rings (SSSR count). The van der Waals surface area contributed by atoms with Crippen LogP contribution in [0.15, 0.2) is 22.7 Å². The second-order valence-corrected chi connectivity index (χ2v) is 4.32. The summed E-state index contributed by atoms with van der Waals surface area (Å²) in [6.07, 6.45) is 5.32. The van der Waals surface area contributed by atoms with Gasteiger partial charge in [-0.3, -0.25) is 4.79 Å². The molecule has 0 radical (unpaired) electrons. The number of aryl methyl sites for hydroxylation is 1. The van der Waals surface area contributed by atoms with Gasteiger partial charge in [-0.1, -0.05) is 22.0 Å². The summed E-state index contributed by atoms with van der Waals surface area (Å²) in [7, 11) is 0. The molecule has 0 fully saturated rings. The molecule has 1 aromatic rings. The molecule has 0 saturated heterocycles. The van der Waals surface area contributed by atoms with Crippen LogP contribution in [0.1, 0.15) is 12.0 Å². The molecule has 0 saturated carbocycles. The lowest BCUT2D eigenvalue weighted by Crippen LogP contribution is -2.35. The number of hydrogen-bond acceptors (Lipinski definition) is 2. The minimum atomic E-state index is -0.662. The minimum absolute atomic E-state index is 0.235. The standard InChI is InChI=1S/C12H13BrN2O/c1-3-4-11(14)12(16)15-9-6-5-8(2)10(13)7-9/h1,5-7,11H,4,14H2,2H3,(H,15,16). The zero-order chi connectivity index (χ0) is 12.1. The van der Waals surface area contributed by atoms with Crippen LogP contribution in [0.3, 0.4) is 0 Å². The zero-order valence-corrected chi connectivity index (χ0v) is 10.5. The van der Waals surface area contributed by atoms with Crippen molar-refractivity contribution >= 4 is 27.5 Å². The third-order valence-corrected chi connectivity index (χ3v) is 2.97. The SMILES string of the molecule is C#CCC(N)C(=O)Nc1ccc(C)c(Br)c1. The molecule has 1 amide bonds. The summed E-state index contributed by atoms with van der Waals surface area (Å²) < 4.78 is 0.941. The smallest absolute Gasteiger partial charge is 0.242 e. The van der Waals surface area contributed by atoms with Gasteiger partial charge in [-0.15, -0.1) is 12.3 Å². The number of nitrogens with two attached hydrogens (primary N) is 1. The van der Waals surface area contributed by atoms with E-state index in [1.165, 1.54) is 0 Å². The summed E-state index contributed by atoms with van der Waals surface area (Å²) in [6, 6.07) is 4.90. The van der Waals surface area contributed by atoms with Gasteiger partial charge < -0.3 is 11.1 Å². The highest BCUT2D eigenvalue weighted by Gasteiger charge is 2.12. The van der Waals surface area contributed by atoms with Crippen molar-refractivity contribution in [2.75, 3.05) is 5.32 Å². The molecule has 1 atom stereocenters. The molecule has 0 aliphatic rings. The van der Waals surface area contributed by atoms with Crippen molar-refractivity contribution < 1.29 is 4.79 Å². The molecule has 0 spiro atoms. The van der Waals surface area contributed by atoms with Crippen molar-refractivity contribution in [3.05, 3.63) is 28.2 Å². The summed E-state index contributed by atoms with van der Waals surface area (Å²) in [5.41, 5.74) is 7.38. The first-order valence-electron chi connectivity index (χ1n) is 4.80. The van der Waals surface area contributed by atoms with Gasteiger partial charge >= 0.3 is 0 Å². The lowest BCUT2D eigenvalue weighted by molar-refractivity contribution is -0.117. The molecule has 16 heavy (non-hydrogen) atoms. The number of amides is 1. The number of halogens is 1. The van der Waals surface area contributed by atoms with Gasteiger partial charge in [0.2, 0.25) is 5.91 Å². The number of nitrogens with one attached hydrogen (secondary N) is 1. The van der Waals surface area contributed by atoms with Gasteiger partial charge in [-0.2, -0.15) is 0 Å². The Bertz CT molecular complexity index is 437. The van der Waals surface area contributed by atoms with Crippen LogP contribution in [0.25, 0.3) is 0 Å². The van der Waals surface area contributed by atoms with E-state index in [0.29, 0.717) is 5.69 Å². The number of carbonyl (C=O) groups is 1. The number of rotatable bonds is 3. The van der Waals surface area contributed by atoms with Gasteiger partial charge in [-0.05, 0) is 24.6 Å². The number of carbonyl (C=O) groups excluding carboxylic acids is 1. The van der Waals surface area contributed by atoms with Gasteiger partial charge in [-0.25, -0.2) is 0 Å². The molecule has 0 aromatic heterocycles. The van der Waals surface area contributed by atoms with E-state index in [0.717, 1.165) is 10.0 Å². The maximum absolute atomic E-state index is 11.6. The topological polar surface area (TPSA) is 55.1 Å². The summed E-state index contributed by atoms with van der Waals surface area (Å²) in [6.45, 7) is 1.97. The second kappa shape index (κ2) is 5.69. The number of hydrogen-bond donors (Lipinski definition) is 2. The monoisotopic (exact) mass is 280 g/mol. The van der Waals surface area contributed by atoms with Crippen LogP contribution in [-0.2, 0) is 4.79 Å². The zero-order valence-electron chi connectivity index (χ0n) is 8.96. The van der Waals surface area contributed by atoms with Crippen molar-refractivity contribution in [1.29, 1.82) is 0 Å². The summed E-state index contributed by atoms with van der Waals surface area (Å²) >= 11 is 3.39. The second-order valence-electron chi connectivity index (χ2n) is 3.47. The highest BCUT2D eigenvalue weighted by Crippen LogP contribution is 2.20. The van der Waals surface area contributed by atoms with Crippen LogP contribution in [0, 0.1) is 19.3 Å². The quantitative estimate of drug-likeness (QED) is 0.833. The van der Waals surface area contributed by atoms with E-state index in [-0.39, 0.29) is 12.3 Å². The van der Waals surface area contributed by atoms with E-state index in [2.05, 4.69) is 27.2 Å². The fourth-order valence-corrected chi connectivity index (χ4v) is 1.50. The van der Waals surface area contributed by atoms with E-state index in [9.17, 15) is 4.79 Å². The van der Waals surface area contributed by atoms with Gasteiger partial charge in [0.25, 0.3) is 0 Å². The first-order chi connectivity index (χ1) is 7.54. The van der Waals surface area contributed by atoms with Gasteiger partial charge in [0.05, 0.1) is 6.04 Å². The Morgan fingerprint density at radius 2 is 2.38 bits per heavy atom. The summed E-state index contributed by atoms with van der Waals surface area (Å²) in [5.74, 6) is 2.09. The molecule has 1 aromatic carbocycles.